The number of nitrogens with two attached hydrogens (primary N) is 1. The van der Waals surface area contributed by atoms with Crippen LogP contribution in [-0.4, -0.2) is 58.9 Å². The summed E-state index contributed by atoms with van der Waals surface area (Å²) in [5, 5.41) is 0.577. The van der Waals surface area contributed by atoms with Gasteiger partial charge in [-0.05, 0) is 30.3 Å². The van der Waals surface area contributed by atoms with Crippen molar-refractivity contribution < 1.29 is 18.7 Å². The number of amides is 2. The van der Waals surface area contributed by atoms with Crippen LogP contribution in [0.5, 0.6) is 5.75 Å². The number of hydrogen-bond acceptors (Lipinski definition) is 6. The van der Waals surface area contributed by atoms with Crippen LogP contribution in [0.15, 0.2) is 36.9 Å². The molecule has 2 amide bonds. The van der Waals surface area contributed by atoms with Crippen molar-refractivity contribution in [1.82, 2.24) is 14.8 Å². The lowest BCUT2D eigenvalue weighted by atomic mass is 9.99. The van der Waals surface area contributed by atoms with Crippen molar-refractivity contribution in [3.8, 4) is 16.9 Å². The molecule has 0 bridgehead atoms. The summed E-state index contributed by atoms with van der Waals surface area (Å²) in [4.78, 5) is 33.2. The van der Waals surface area contributed by atoms with Gasteiger partial charge in [0.25, 0.3) is 5.91 Å². The Morgan fingerprint density at radius 3 is 2.91 bits per heavy atom. The molecule has 2 aromatic carbocycles. The number of benzene rings is 2. The second-order valence-corrected chi connectivity index (χ2v) is 9.37. The molecule has 0 saturated carbocycles. The molecule has 1 saturated heterocycles. The zero-order valence-electron chi connectivity index (χ0n) is 17.5. The Balaban J connectivity index is 1.54. The number of piperazine rings is 1. The Kier molecular flexibility index (Phi) is 5.46. The summed E-state index contributed by atoms with van der Waals surface area (Å²) < 4.78 is 20.6. The summed E-state index contributed by atoms with van der Waals surface area (Å²) in [6.45, 7) is 5.19. The molecule has 10 heteroatoms. The van der Waals surface area contributed by atoms with Gasteiger partial charge in [-0.1, -0.05) is 29.5 Å². The van der Waals surface area contributed by atoms with E-state index in [9.17, 15) is 14.0 Å². The molecule has 0 unspecified atom stereocenters. The molecule has 1 aromatic heterocycles. The largest absolute Gasteiger partial charge is 0.493 e. The number of nitrogens with zero attached hydrogens (tertiary/aromatic N) is 3. The van der Waals surface area contributed by atoms with Crippen molar-refractivity contribution in [2.45, 2.75) is 12.5 Å². The maximum Gasteiger partial charge on any atom is 0.258 e. The normalized spacial score (nSPS) is 18.2. The number of hydrogen-bond donors (Lipinski definition) is 1. The molecule has 0 radical (unpaired) electrons. The van der Waals surface area contributed by atoms with Gasteiger partial charge < -0.3 is 20.3 Å². The average molecular weight is 487 g/mol. The molecule has 0 spiro atoms. The molecule has 2 N–H and O–H groups in total. The highest BCUT2D eigenvalue weighted by molar-refractivity contribution is 7.22. The van der Waals surface area contributed by atoms with E-state index >= 15 is 0 Å². The van der Waals surface area contributed by atoms with Gasteiger partial charge in [0.15, 0.2) is 5.13 Å². The van der Waals surface area contributed by atoms with Crippen LogP contribution >= 0.6 is 22.9 Å². The molecule has 0 aliphatic carbocycles. The number of fused-ring (bicyclic) bond motifs is 3. The number of aromatic nitrogens is 1. The number of thiazole rings is 1. The van der Waals surface area contributed by atoms with Crippen molar-refractivity contribution in [2.24, 2.45) is 0 Å². The summed E-state index contributed by atoms with van der Waals surface area (Å²) >= 11 is 7.69. The minimum Gasteiger partial charge on any atom is -0.493 e. The molecule has 1 atom stereocenters. The average Bonchev–Trinajstić information content (AvgIpc) is 3.20. The van der Waals surface area contributed by atoms with E-state index in [1.807, 2.05) is 0 Å². The first-order valence-electron chi connectivity index (χ1n) is 10.4. The minimum atomic E-state index is -0.406. The monoisotopic (exact) mass is 486 g/mol. The fourth-order valence-electron chi connectivity index (χ4n) is 4.41. The van der Waals surface area contributed by atoms with Gasteiger partial charge in [-0.2, -0.15) is 0 Å². The molecule has 7 nitrogen and oxygen atoms in total. The van der Waals surface area contributed by atoms with Crippen LogP contribution < -0.4 is 10.5 Å². The molecule has 3 aromatic rings. The van der Waals surface area contributed by atoms with Crippen molar-refractivity contribution >= 4 is 50.1 Å². The lowest BCUT2D eigenvalue weighted by Gasteiger charge is -2.42. The summed E-state index contributed by atoms with van der Waals surface area (Å²) in [5.74, 6) is -0.345. The third-order valence-corrected chi connectivity index (χ3v) is 7.25. The van der Waals surface area contributed by atoms with E-state index in [0.29, 0.717) is 70.3 Å². The van der Waals surface area contributed by atoms with Crippen molar-refractivity contribution in [3.05, 3.63) is 53.3 Å². The number of carbonyl (C=O) groups excluding carboxylic acids is 2. The lowest BCUT2D eigenvalue weighted by Crippen LogP contribution is -2.57. The Hall–Kier alpha value is -3.17. The van der Waals surface area contributed by atoms with Crippen LogP contribution in [0.4, 0.5) is 9.52 Å². The highest BCUT2D eigenvalue weighted by Crippen LogP contribution is 2.41. The van der Waals surface area contributed by atoms with E-state index in [1.54, 1.807) is 28.0 Å². The number of nitrogen functional groups attached to an aromatic ring is 1. The summed E-state index contributed by atoms with van der Waals surface area (Å²) in [5.41, 5.74) is 7.78. The molecule has 1 fully saturated rings. The maximum atomic E-state index is 14.3. The first-order chi connectivity index (χ1) is 15.9. The highest BCUT2D eigenvalue weighted by atomic mass is 35.5. The SMILES string of the molecule is C=CC(=O)N1CCN2C(=O)c3cc(Cl)c(-c4ccc(F)c5sc(N)nc45)cc3OCC[C@H]2C1. The van der Waals surface area contributed by atoms with Crippen LogP contribution in [0.2, 0.25) is 5.02 Å². The summed E-state index contributed by atoms with van der Waals surface area (Å²) in [6, 6.07) is 6.08. The molecule has 2 aliphatic rings. The molecule has 170 valence electrons. The fraction of sp³-hybridized carbons (Fsp3) is 0.261. The molecular formula is C23H20ClFN4O3S. The molecule has 3 heterocycles. The number of ether oxygens (including phenoxy) is 1. The van der Waals surface area contributed by atoms with Gasteiger partial charge in [-0.25, -0.2) is 9.37 Å². The third kappa shape index (κ3) is 3.71. The van der Waals surface area contributed by atoms with E-state index in [-0.39, 0.29) is 23.0 Å². The van der Waals surface area contributed by atoms with Gasteiger partial charge in [-0.3, -0.25) is 9.59 Å². The minimum absolute atomic E-state index is 0.147. The van der Waals surface area contributed by atoms with Crippen molar-refractivity contribution in [1.29, 1.82) is 0 Å². The van der Waals surface area contributed by atoms with E-state index in [4.69, 9.17) is 22.1 Å². The van der Waals surface area contributed by atoms with Gasteiger partial charge in [0.1, 0.15) is 11.6 Å². The number of rotatable bonds is 2. The van der Waals surface area contributed by atoms with Gasteiger partial charge in [-0.15, -0.1) is 0 Å². The van der Waals surface area contributed by atoms with Crippen LogP contribution in [0.3, 0.4) is 0 Å². The number of anilines is 1. The molecule has 33 heavy (non-hydrogen) atoms. The second kappa shape index (κ2) is 8.31. The van der Waals surface area contributed by atoms with Crippen LogP contribution in [-0.2, 0) is 4.79 Å². The Morgan fingerprint density at radius 2 is 2.12 bits per heavy atom. The van der Waals surface area contributed by atoms with E-state index < -0.39 is 5.82 Å². The predicted octanol–water partition coefficient (Wildman–Crippen LogP) is 3.96. The molecule has 5 rings (SSSR count). The van der Waals surface area contributed by atoms with Crippen molar-refractivity contribution in [2.75, 3.05) is 32.0 Å². The third-order valence-electron chi connectivity index (χ3n) is 6.04. The van der Waals surface area contributed by atoms with E-state index in [1.165, 1.54) is 12.1 Å². The van der Waals surface area contributed by atoms with Gasteiger partial charge in [0.2, 0.25) is 5.91 Å². The first-order valence-corrected chi connectivity index (χ1v) is 11.6. The Labute approximate surface area is 198 Å². The Morgan fingerprint density at radius 1 is 1.30 bits per heavy atom. The van der Waals surface area contributed by atoms with Crippen molar-refractivity contribution in [3.63, 3.8) is 0 Å². The van der Waals surface area contributed by atoms with Crippen LogP contribution in [0, 0.1) is 5.82 Å². The molecular weight excluding hydrogens is 467 g/mol. The zero-order valence-corrected chi connectivity index (χ0v) is 19.1. The quantitative estimate of drug-likeness (QED) is 0.554. The first kappa shape index (κ1) is 21.7. The van der Waals surface area contributed by atoms with Crippen LogP contribution in [0.1, 0.15) is 16.8 Å². The topological polar surface area (TPSA) is 88.8 Å². The number of halogens is 2. The lowest BCUT2D eigenvalue weighted by molar-refractivity contribution is -0.128. The zero-order chi connectivity index (χ0) is 23.3. The second-order valence-electron chi connectivity index (χ2n) is 7.93. The maximum absolute atomic E-state index is 14.3. The highest BCUT2D eigenvalue weighted by Gasteiger charge is 2.35. The van der Waals surface area contributed by atoms with Gasteiger partial charge in [0.05, 0.1) is 28.4 Å². The predicted molar refractivity (Wildman–Crippen MR) is 126 cm³/mol. The number of carbonyl (C=O) groups is 2. The fourth-order valence-corrected chi connectivity index (χ4v) is 5.44. The van der Waals surface area contributed by atoms with Crippen LogP contribution in [0.25, 0.3) is 21.3 Å². The molecule has 2 aliphatic heterocycles. The van der Waals surface area contributed by atoms with E-state index in [0.717, 1.165) is 11.3 Å². The Bertz CT molecular complexity index is 1310. The summed E-state index contributed by atoms with van der Waals surface area (Å²) in [7, 11) is 0. The van der Waals surface area contributed by atoms with E-state index in [2.05, 4.69) is 11.6 Å². The smallest absolute Gasteiger partial charge is 0.258 e. The van der Waals surface area contributed by atoms with Gasteiger partial charge >= 0.3 is 0 Å². The summed E-state index contributed by atoms with van der Waals surface area (Å²) in [6.07, 6.45) is 1.86. The standard InChI is InChI=1S/C23H20ClFN4O3S/c1-2-19(30)28-6-7-29-12(11-28)5-8-32-18-10-14(16(24)9-15(18)22(29)31)13-3-4-17(25)21-20(13)27-23(26)33-21/h2-4,9-10,12H,1,5-8,11H2,(H2,26,27)/t12-/m0/s1. The van der Waals surface area contributed by atoms with Gasteiger partial charge in [0, 0.05) is 42.2 Å².